The van der Waals surface area contributed by atoms with Crippen LogP contribution in [0.2, 0.25) is 0 Å². The summed E-state index contributed by atoms with van der Waals surface area (Å²) in [5.74, 6) is 1.17. The van der Waals surface area contributed by atoms with Crippen LogP contribution in [0.15, 0.2) is 25.3 Å². The molecule has 0 radical (unpaired) electrons. The lowest BCUT2D eigenvalue weighted by Crippen LogP contribution is -2.24. The van der Waals surface area contributed by atoms with Gasteiger partial charge in [0.15, 0.2) is 0 Å². The molecule has 1 atom stereocenters. The molecule has 0 N–H and O–H groups in total. The lowest BCUT2D eigenvalue weighted by atomic mass is 9.73. The van der Waals surface area contributed by atoms with E-state index >= 15 is 0 Å². The Hall–Kier alpha value is -0.126. The molecule has 14 heavy (non-hydrogen) atoms. The van der Waals surface area contributed by atoms with E-state index in [1.807, 2.05) is 12.2 Å². The fourth-order valence-corrected chi connectivity index (χ4v) is 1.57. The van der Waals surface area contributed by atoms with Crippen molar-refractivity contribution in [2.24, 2.45) is 17.3 Å². The number of rotatable bonds is 4. The molecule has 0 fully saturated rings. The lowest BCUT2D eigenvalue weighted by Gasteiger charge is -2.32. The molecule has 0 aromatic heterocycles. The van der Waals surface area contributed by atoms with Crippen molar-refractivity contribution < 1.29 is 4.12 Å². The summed E-state index contributed by atoms with van der Waals surface area (Å²) in [5, 5.41) is 0. The molecule has 0 saturated heterocycles. The van der Waals surface area contributed by atoms with Gasteiger partial charge in [0.25, 0.3) is 0 Å². The van der Waals surface area contributed by atoms with Gasteiger partial charge in [-0.25, -0.2) is 0 Å². The molecular weight excluding hydrogens is 204 g/mol. The Bertz CT molecular complexity index is 165. The van der Waals surface area contributed by atoms with Crippen LogP contribution in [0.4, 0.5) is 0 Å². The van der Waals surface area contributed by atoms with Gasteiger partial charge >= 0.3 is 0 Å². The maximum absolute atomic E-state index is 4.53. The normalized spacial score (nSPS) is 13.2. The quantitative estimate of drug-likeness (QED) is 0.521. The summed E-state index contributed by atoms with van der Waals surface area (Å²) < 4.78 is 4.53. The van der Waals surface area contributed by atoms with Gasteiger partial charge in [-0.3, -0.25) is 0 Å². The van der Waals surface area contributed by atoms with Crippen molar-refractivity contribution >= 4 is 21.0 Å². The topological polar surface area (TPSA) is 9.23 Å². The molecule has 0 saturated carbocycles. The highest BCUT2D eigenvalue weighted by molar-refractivity contribution is 6.15. The zero-order chi connectivity index (χ0) is 11.8. The minimum atomic E-state index is 0.177. The van der Waals surface area contributed by atoms with Crippen LogP contribution in [0.25, 0.3) is 0 Å². The maximum Gasteiger partial charge on any atom is 0.129 e. The van der Waals surface area contributed by atoms with Gasteiger partial charge in [-0.05, 0) is 17.3 Å². The Labute approximate surface area is 95.7 Å². The van der Waals surface area contributed by atoms with E-state index in [2.05, 4.69) is 45.0 Å². The van der Waals surface area contributed by atoms with E-state index in [1.54, 1.807) is 0 Å². The Balaban J connectivity index is 0. The van der Waals surface area contributed by atoms with Crippen LogP contribution in [-0.4, -0.2) is 21.0 Å². The van der Waals surface area contributed by atoms with Crippen molar-refractivity contribution in [1.29, 1.82) is 0 Å². The summed E-state index contributed by atoms with van der Waals surface area (Å²) in [6.45, 7) is 16.5. The van der Waals surface area contributed by atoms with Crippen molar-refractivity contribution in [3.63, 3.8) is 0 Å². The van der Waals surface area contributed by atoms with Crippen molar-refractivity contribution in [3.05, 3.63) is 25.3 Å². The number of hydrogen-bond acceptors (Lipinski definition) is 1. The van der Waals surface area contributed by atoms with Crippen LogP contribution >= 0.6 is 0 Å². The summed E-state index contributed by atoms with van der Waals surface area (Å²) in [5.41, 5.74) is 0.177. The zero-order valence-corrected chi connectivity index (χ0v) is 14.6. The molecule has 1 unspecified atom stereocenters. The average molecular weight is 230 g/mol. The van der Waals surface area contributed by atoms with Crippen molar-refractivity contribution in [1.82, 2.24) is 0 Å². The molecule has 0 aliphatic heterocycles. The second kappa shape index (κ2) is 8.20. The van der Waals surface area contributed by atoms with E-state index in [0.29, 0.717) is 11.8 Å². The molecular formula is C11H26OSi2. The van der Waals surface area contributed by atoms with Gasteiger partial charge < -0.3 is 4.12 Å². The molecule has 0 aromatic carbocycles. The largest absolute Gasteiger partial charge is 0.471 e. The van der Waals surface area contributed by atoms with Gasteiger partial charge in [0, 0.05) is 0 Å². The Morgan fingerprint density at radius 1 is 1.21 bits per heavy atom. The smallest absolute Gasteiger partial charge is 0.129 e. The lowest BCUT2D eigenvalue weighted by molar-refractivity contribution is 0.269. The van der Waals surface area contributed by atoms with Crippen molar-refractivity contribution in [2.75, 3.05) is 0 Å². The minimum absolute atomic E-state index is 0.177. The Morgan fingerprint density at radius 3 is 1.64 bits per heavy atom. The molecule has 0 amide bonds. The molecule has 0 heterocycles. The van der Waals surface area contributed by atoms with Gasteiger partial charge in [0.1, 0.15) is 21.0 Å². The minimum Gasteiger partial charge on any atom is -0.471 e. The first-order chi connectivity index (χ1) is 6.37. The summed E-state index contributed by atoms with van der Waals surface area (Å²) in [6, 6.07) is 0. The molecule has 84 valence electrons. The highest BCUT2D eigenvalue weighted by Crippen LogP contribution is 2.34. The predicted molar refractivity (Wildman–Crippen MR) is 73.5 cm³/mol. The Morgan fingerprint density at radius 2 is 1.57 bits per heavy atom. The van der Waals surface area contributed by atoms with Crippen LogP contribution in [0.5, 0.6) is 0 Å². The summed E-state index contributed by atoms with van der Waals surface area (Å²) in [4.78, 5) is 0. The van der Waals surface area contributed by atoms with Gasteiger partial charge in [-0.15, -0.1) is 13.2 Å². The molecule has 3 heteroatoms. The first-order valence-electron chi connectivity index (χ1n) is 5.03. The van der Waals surface area contributed by atoms with Gasteiger partial charge in [0.2, 0.25) is 0 Å². The molecule has 0 aliphatic carbocycles. The highest BCUT2D eigenvalue weighted by Gasteiger charge is 2.25. The third-order valence-corrected chi connectivity index (χ3v) is 2.36. The Kier molecular flexibility index (Phi) is 9.56. The van der Waals surface area contributed by atoms with Crippen LogP contribution in [0.3, 0.4) is 0 Å². The first-order valence-corrected chi connectivity index (χ1v) is 6.66. The highest BCUT2D eigenvalue weighted by atomic mass is 28.3. The van der Waals surface area contributed by atoms with E-state index in [4.69, 9.17) is 0 Å². The second-order valence-electron chi connectivity index (χ2n) is 4.44. The van der Waals surface area contributed by atoms with E-state index in [0.717, 1.165) is 21.0 Å². The second-order valence-corrected chi connectivity index (χ2v) is 7.71. The fourth-order valence-electron chi connectivity index (χ4n) is 1.57. The summed E-state index contributed by atoms with van der Waals surface area (Å²) >= 11 is 0. The van der Waals surface area contributed by atoms with E-state index in [9.17, 15) is 0 Å². The third kappa shape index (κ3) is 6.35. The van der Waals surface area contributed by atoms with Gasteiger partial charge in [0.05, 0.1) is 0 Å². The molecule has 0 bridgehead atoms. The summed E-state index contributed by atoms with van der Waals surface area (Å²) in [6.07, 6.45) is 4.05. The first kappa shape index (κ1) is 16.3. The van der Waals surface area contributed by atoms with Crippen molar-refractivity contribution in [3.8, 4) is 0 Å². The fraction of sp³-hybridized carbons (Fsp3) is 0.636. The van der Waals surface area contributed by atoms with Crippen LogP contribution in [0.1, 0.15) is 27.7 Å². The number of allylic oxidation sites excluding steroid dienone is 2. The predicted octanol–water partition coefficient (Wildman–Crippen LogP) is 1.22. The van der Waals surface area contributed by atoms with Crippen LogP contribution in [-0.2, 0) is 4.12 Å². The summed E-state index contributed by atoms with van der Waals surface area (Å²) in [7, 11) is 1.86. The SMILES string of the molecule is C=CC(C(C)C)C(C)(C)C=C.[SiH3]O[SiH3]. The maximum atomic E-state index is 4.53. The zero-order valence-electron chi connectivity index (χ0n) is 10.6. The standard InChI is InChI=1S/C11H20.H6OSi2/c1-7-10(9(3)4)11(5,6)8-2;2-1-3/h7-10H,1-2H2,3-6H3;2-3H3. The molecule has 0 aromatic rings. The van der Waals surface area contributed by atoms with Gasteiger partial charge in [-0.1, -0.05) is 39.8 Å². The molecule has 0 rings (SSSR count). The third-order valence-electron chi connectivity index (χ3n) is 2.36. The van der Waals surface area contributed by atoms with E-state index in [-0.39, 0.29) is 5.41 Å². The van der Waals surface area contributed by atoms with Crippen LogP contribution < -0.4 is 0 Å². The van der Waals surface area contributed by atoms with Gasteiger partial charge in [-0.2, -0.15) is 0 Å². The van der Waals surface area contributed by atoms with E-state index in [1.165, 1.54) is 0 Å². The van der Waals surface area contributed by atoms with E-state index < -0.39 is 0 Å². The monoisotopic (exact) mass is 230 g/mol. The van der Waals surface area contributed by atoms with Crippen molar-refractivity contribution in [2.45, 2.75) is 27.7 Å². The number of hydrogen-bond donors (Lipinski definition) is 0. The average Bonchev–Trinajstić information content (AvgIpc) is 2.05. The van der Waals surface area contributed by atoms with Crippen LogP contribution in [0, 0.1) is 17.3 Å². The molecule has 0 spiro atoms. The molecule has 0 aliphatic rings. The molecule has 1 nitrogen and oxygen atoms in total.